The molecule has 0 bridgehead atoms. The number of rotatable bonds is 6. The van der Waals surface area contributed by atoms with Crippen LogP contribution in [0.3, 0.4) is 0 Å². The van der Waals surface area contributed by atoms with Crippen molar-refractivity contribution in [2.24, 2.45) is 0 Å². The summed E-state index contributed by atoms with van der Waals surface area (Å²) in [7, 11) is 1.75. The van der Waals surface area contributed by atoms with Gasteiger partial charge in [-0.15, -0.1) is 5.10 Å². The largest absolute Gasteiger partial charge is 0.407 e. The van der Waals surface area contributed by atoms with Gasteiger partial charge in [-0.3, -0.25) is 0 Å². The van der Waals surface area contributed by atoms with Crippen LogP contribution in [0, 0.1) is 0 Å². The number of nitrogens with one attached hydrogen (secondary N) is 2. The Kier molecular flexibility index (Phi) is 2.98. The summed E-state index contributed by atoms with van der Waals surface area (Å²) < 4.78 is 10.7. The molecule has 6 heteroatoms. The molecule has 2 aliphatic rings. The summed E-state index contributed by atoms with van der Waals surface area (Å²) >= 11 is 0. The Morgan fingerprint density at radius 1 is 1.29 bits per heavy atom. The average molecular weight is 238 g/mol. The van der Waals surface area contributed by atoms with Crippen molar-refractivity contribution in [3.05, 3.63) is 5.89 Å². The number of hydrogen-bond acceptors (Lipinski definition) is 6. The molecule has 0 unspecified atom stereocenters. The van der Waals surface area contributed by atoms with E-state index in [-0.39, 0.29) is 0 Å². The summed E-state index contributed by atoms with van der Waals surface area (Å²) in [4.78, 5) is 0. The molecule has 1 heterocycles. The maximum absolute atomic E-state index is 5.50. The third-order valence-corrected chi connectivity index (χ3v) is 3.34. The summed E-state index contributed by atoms with van der Waals surface area (Å²) in [6.07, 6.45) is 4.93. The zero-order valence-corrected chi connectivity index (χ0v) is 9.98. The number of hydrogen-bond donors (Lipinski definition) is 2. The van der Waals surface area contributed by atoms with Gasteiger partial charge >= 0.3 is 6.01 Å². The van der Waals surface area contributed by atoms with E-state index in [9.17, 15) is 0 Å². The third kappa shape index (κ3) is 2.76. The molecule has 17 heavy (non-hydrogen) atoms. The zero-order valence-electron chi connectivity index (χ0n) is 9.98. The van der Waals surface area contributed by atoms with Gasteiger partial charge in [-0.1, -0.05) is 5.10 Å². The van der Waals surface area contributed by atoms with Crippen LogP contribution in [-0.2, 0) is 11.3 Å². The second-order valence-corrected chi connectivity index (χ2v) is 4.83. The van der Waals surface area contributed by atoms with Crippen molar-refractivity contribution in [1.29, 1.82) is 0 Å². The lowest BCUT2D eigenvalue weighted by atomic mass is 9.89. The van der Waals surface area contributed by atoms with Crippen LogP contribution in [0.4, 0.5) is 6.01 Å². The van der Waals surface area contributed by atoms with Crippen molar-refractivity contribution >= 4 is 6.01 Å². The average Bonchev–Trinajstić information content (AvgIpc) is 3.00. The van der Waals surface area contributed by atoms with Gasteiger partial charge in [0.05, 0.1) is 12.6 Å². The summed E-state index contributed by atoms with van der Waals surface area (Å²) in [5.41, 5.74) is 0. The molecule has 2 saturated carbocycles. The quantitative estimate of drug-likeness (QED) is 0.767. The molecule has 2 fully saturated rings. The van der Waals surface area contributed by atoms with E-state index < -0.39 is 0 Å². The van der Waals surface area contributed by atoms with E-state index >= 15 is 0 Å². The molecular formula is C11H18N4O2. The number of nitrogens with zero attached hydrogens (tertiary/aromatic N) is 2. The molecule has 1 aromatic heterocycles. The summed E-state index contributed by atoms with van der Waals surface area (Å²) in [6.45, 7) is 0.671. The van der Waals surface area contributed by atoms with Crippen molar-refractivity contribution in [3.63, 3.8) is 0 Å². The molecule has 0 aliphatic heterocycles. The highest BCUT2D eigenvalue weighted by molar-refractivity contribution is 5.21. The van der Waals surface area contributed by atoms with Crippen molar-refractivity contribution in [1.82, 2.24) is 15.5 Å². The molecule has 2 N–H and O–H groups in total. The van der Waals surface area contributed by atoms with E-state index in [1.807, 2.05) is 0 Å². The lowest BCUT2D eigenvalue weighted by Gasteiger charge is -2.33. The first-order chi connectivity index (χ1) is 8.33. The standard InChI is InChI=1S/C11H18N4O2/c1-16-9-4-8(5-9)13-11-15-14-10(17-11)6-12-7-2-3-7/h7-9,12H,2-6H2,1H3,(H,13,15). The third-order valence-electron chi connectivity index (χ3n) is 3.34. The topological polar surface area (TPSA) is 72.2 Å². The molecule has 0 saturated heterocycles. The van der Waals surface area contributed by atoms with Gasteiger partial charge in [-0.2, -0.15) is 0 Å². The molecule has 0 radical (unpaired) electrons. The molecular weight excluding hydrogens is 220 g/mol. The normalized spacial score (nSPS) is 27.8. The summed E-state index contributed by atoms with van der Waals surface area (Å²) in [5.74, 6) is 0.655. The molecule has 0 spiro atoms. The van der Waals surface area contributed by atoms with E-state index in [1.54, 1.807) is 7.11 Å². The van der Waals surface area contributed by atoms with Crippen molar-refractivity contribution in [2.45, 2.75) is 50.4 Å². The van der Waals surface area contributed by atoms with Crippen LogP contribution < -0.4 is 10.6 Å². The fourth-order valence-electron chi connectivity index (χ4n) is 1.95. The first-order valence-electron chi connectivity index (χ1n) is 6.18. The van der Waals surface area contributed by atoms with Gasteiger partial charge in [-0.25, -0.2) is 0 Å². The Morgan fingerprint density at radius 3 is 2.82 bits per heavy atom. The Labute approximate surface area is 100 Å². The fourth-order valence-corrected chi connectivity index (χ4v) is 1.95. The smallest absolute Gasteiger partial charge is 0.315 e. The molecule has 0 amide bonds. The number of aromatic nitrogens is 2. The number of methoxy groups -OCH3 is 1. The second kappa shape index (κ2) is 4.62. The van der Waals surface area contributed by atoms with E-state index in [0.29, 0.717) is 36.6 Å². The van der Waals surface area contributed by atoms with Crippen LogP contribution in [-0.4, -0.2) is 35.5 Å². The minimum Gasteiger partial charge on any atom is -0.407 e. The van der Waals surface area contributed by atoms with Crippen molar-refractivity contribution < 1.29 is 9.15 Å². The Morgan fingerprint density at radius 2 is 2.12 bits per heavy atom. The first-order valence-corrected chi connectivity index (χ1v) is 6.18. The second-order valence-electron chi connectivity index (χ2n) is 4.83. The van der Waals surface area contributed by atoms with Gasteiger partial charge in [0.25, 0.3) is 0 Å². The van der Waals surface area contributed by atoms with Gasteiger partial charge in [0.1, 0.15) is 0 Å². The van der Waals surface area contributed by atoms with Gasteiger partial charge in [0, 0.05) is 19.2 Å². The Bertz CT molecular complexity index is 371. The van der Waals surface area contributed by atoms with Crippen LogP contribution in [0.15, 0.2) is 4.42 Å². The van der Waals surface area contributed by atoms with Gasteiger partial charge < -0.3 is 19.8 Å². The Balaban J connectivity index is 1.43. The molecule has 2 aliphatic carbocycles. The van der Waals surface area contributed by atoms with Gasteiger partial charge in [-0.05, 0) is 25.7 Å². The van der Waals surface area contributed by atoms with E-state index in [0.717, 1.165) is 12.8 Å². The lowest BCUT2D eigenvalue weighted by Crippen LogP contribution is -2.40. The number of anilines is 1. The van der Waals surface area contributed by atoms with Crippen molar-refractivity contribution in [3.8, 4) is 0 Å². The molecule has 3 rings (SSSR count). The summed E-state index contributed by atoms with van der Waals surface area (Å²) in [5, 5.41) is 14.5. The van der Waals surface area contributed by atoms with Crippen LogP contribution >= 0.6 is 0 Å². The minimum absolute atomic E-state index is 0.381. The van der Waals surface area contributed by atoms with Crippen LogP contribution in [0.5, 0.6) is 0 Å². The van der Waals surface area contributed by atoms with Gasteiger partial charge in [0.2, 0.25) is 5.89 Å². The highest BCUT2D eigenvalue weighted by Gasteiger charge is 2.30. The lowest BCUT2D eigenvalue weighted by molar-refractivity contribution is 0.0323. The van der Waals surface area contributed by atoms with E-state index in [4.69, 9.17) is 9.15 Å². The highest BCUT2D eigenvalue weighted by Crippen LogP contribution is 2.25. The monoisotopic (exact) mass is 238 g/mol. The van der Waals surface area contributed by atoms with Crippen LogP contribution in [0.1, 0.15) is 31.6 Å². The highest BCUT2D eigenvalue weighted by atomic mass is 16.5. The predicted octanol–water partition coefficient (Wildman–Crippen LogP) is 0.911. The fraction of sp³-hybridized carbons (Fsp3) is 0.818. The van der Waals surface area contributed by atoms with E-state index in [1.165, 1.54) is 12.8 Å². The Hall–Kier alpha value is -1.14. The maximum atomic E-state index is 5.50. The van der Waals surface area contributed by atoms with Crippen LogP contribution in [0.2, 0.25) is 0 Å². The first kappa shape index (κ1) is 11.0. The molecule has 6 nitrogen and oxygen atoms in total. The molecule has 1 aromatic rings. The summed E-state index contributed by atoms with van der Waals surface area (Å²) in [6, 6.07) is 1.59. The van der Waals surface area contributed by atoms with Crippen molar-refractivity contribution in [2.75, 3.05) is 12.4 Å². The predicted molar refractivity (Wildman–Crippen MR) is 61.6 cm³/mol. The van der Waals surface area contributed by atoms with Gasteiger partial charge in [0.15, 0.2) is 0 Å². The zero-order chi connectivity index (χ0) is 11.7. The SMILES string of the molecule is COC1CC(Nc2nnc(CNC3CC3)o2)C1. The molecule has 0 atom stereocenters. The minimum atomic E-state index is 0.381. The number of ether oxygens (including phenoxy) is 1. The molecule has 0 aromatic carbocycles. The van der Waals surface area contributed by atoms with E-state index in [2.05, 4.69) is 20.8 Å². The van der Waals surface area contributed by atoms with Crippen LogP contribution in [0.25, 0.3) is 0 Å². The molecule has 94 valence electrons. The maximum Gasteiger partial charge on any atom is 0.315 e.